The lowest BCUT2D eigenvalue weighted by atomic mass is 9.81. The van der Waals surface area contributed by atoms with Gasteiger partial charge in [-0.15, -0.1) is 0 Å². The SMILES string of the molecule is CCCN(CCC1(c2ccc(F)cc2)OC(C)(C)c2ccccc21)CC(=O)O. The average molecular weight is 385 g/mol. The van der Waals surface area contributed by atoms with Crippen molar-refractivity contribution in [2.75, 3.05) is 19.6 Å². The Morgan fingerprint density at radius 3 is 2.32 bits per heavy atom. The van der Waals surface area contributed by atoms with Gasteiger partial charge in [0.2, 0.25) is 0 Å². The van der Waals surface area contributed by atoms with Gasteiger partial charge in [-0.1, -0.05) is 43.3 Å². The first-order valence-electron chi connectivity index (χ1n) is 9.79. The molecule has 4 nitrogen and oxygen atoms in total. The van der Waals surface area contributed by atoms with Gasteiger partial charge in [0.05, 0.1) is 12.1 Å². The molecule has 0 aliphatic carbocycles. The highest BCUT2D eigenvalue weighted by atomic mass is 19.1. The van der Waals surface area contributed by atoms with Crippen LogP contribution in [-0.2, 0) is 20.7 Å². The molecule has 3 rings (SSSR count). The maximum absolute atomic E-state index is 13.6. The van der Waals surface area contributed by atoms with Crippen molar-refractivity contribution in [1.29, 1.82) is 0 Å². The Balaban J connectivity index is 2.02. The van der Waals surface area contributed by atoms with Crippen LogP contribution in [0.15, 0.2) is 48.5 Å². The maximum Gasteiger partial charge on any atom is 0.317 e. The molecule has 1 unspecified atom stereocenters. The molecule has 1 aliphatic heterocycles. The van der Waals surface area contributed by atoms with E-state index < -0.39 is 17.2 Å². The Kier molecular flexibility index (Phi) is 5.87. The molecule has 2 aromatic rings. The highest BCUT2D eigenvalue weighted by Crippen LogP contribution is 2.52. The molecule has 5 heteroatoms. The third-order valence-electron chi connectivity index (χ3n) is 5.43. The molecule has 1 N–H and O–H groups in total. The Morgan fingerprint density at radius 2 is 1.71 bits per heavy atom. The number of hydrogen-bond donors (Lipinski definition) is 1. The van der Waals surface area contributed by atoms with E-state index in [4.69, 9.17) is 4.74 Å². The van der Waals surface area contributed by atoms with E-state index in [2.05, 4.69) is 12.1 Å². The zero-order valence-corrected chi connectivity index (χ0v) is 16.7. The number of halogens is 1. The van der Waals surface area contributed by atoms with Crippen LogP contribution in [0.3, 0.4) is 0 Å². The zero-order valence-electron chi connectivity index (χ0n) is 16.7. The van der Waals surface area contributed by atoms with E-state index in [-0.39, 0.29) is 12.4 Å². The molecule has 0 spiro atoms. The quantitative estimate of drug-likeness (QED) is 0.726. The summed E-state index contributed by atoms with van der Waals surface area (Å²) in [5.41, 5.74) is 1.84. The minimum atomic E-state index is -0.836. The fraction of sp³-hybridized carbons (Fsp3) is 0.435. The van der Waals surface area contributed by atoms with Crippen LogP contribution in [0.1, 0.15) is 50.3 Å². The number of fused-ring (bicyclic) bond motifs is 1. The van der Waals surface area contributed by atoms with E-state index in [9.17, 15) is 14.3 Å². The first-order valence-corrected chi connectivity index (χ1v) is 9.79. The molecule has 0 saturated heterocycles. The van der Waals surface area contributed by atoms with Crippen molar-refractivity contribution < 1.29 is 19.0 Å². The normalized spacial score (nSPS) is 20.3. The van der Waals surface area contributed by atoms with Gasteiger partial charge in [-0.3, -0.25) is 9.69 Å². The molecular formula is C23H28FNO3. The number of nitrogens with zero attached hydrogens (tertiary/aromatic N) is 1. The zero-order chi connectivity index (χ0) is 20.4. The first kappa shape index (κ1) is 20.5. The predicted octanol–water partition coefficient (Wildman–Crippen LogP) is 4.52. The second-order valence-corrected chi connectivity index (χ2v) is 7.91. The minimum absolute atomic E-state index is 0.00161. The van der Waals surface area contributed by atoms with Gasteiger partial charge in [-0.2, -0.15) is 0 Å². The molecule has 0 bridgehead atoms. The third-order valence-corrected chi connectivity index (χ3v) is 5.43. The first-order chi connectivity index (χ1) is 13.3. The monoisotopic (exact) mass is 385 g/mol. The number of hydrogen-bond acceptors (Lipinski definition) is 3. The highest BCUT2D eigenvalue weighted by Gasteiger charge is 2.49. The summed E-state index contributed by atoms with van der Waals surface area (Å²) in [7, 11) is 0. The van der Waals surface area contributed by atoms with Gasteiger partial charge >= 0.3 is 5.97 Å². The van der Waals surface area contributed by atoms with E-state index in [1.807, 2.05) is 37.8 Å². The fourth-order valence-electron chi connectivity index (χ4n) is 4.26. The molecule has 28 heavy (non-hydrogen) atoms. The van der Waals surface area contributed by atoms with Crippen molar-refractivity contribution in [3.05, 3.63) is 71.0 Å². The lowest BCUT2D eigenvalue weighted by Crippen LogP contribution is -2.38. The summed E-state index contributed by atoms with van der Waals surface area (Å²) in [6, 6.07) is 14.6. The molecule has 150 valence electrons. The summed E-state index contributed by atoms with van der Waals surface area (Å²) in [5.74, 6) is -1.12. The minimum Gasteiger partial charge on any atom is -0.480 e. The summed E-state index contributed by atoms with van der Waals surface area (Å²) in [6.07, 6.45) is 1.46. The van der Waals surface area contributed by atoms with Crippen LogP contribution < -0.4 is 0 Å². The highest BCUT2D eigenvalue weighted by molar-refractivity contribution is 5.69. The summed E-state index contributed by atoms with van der Waals surface area (Å²) >= 11 is 0. The molecule has 0 radical (unpaired) electrons. The van der Waals surface area contributed by atoms with E-state index in [0.29, 0.717) is 19.5 Å². The predicted molar refractivity (Wildman–Crippen MR) is 107 cm³/mol. The second kappa shape index (κ2) is 8.02. The summed E-state index contributed by atoms with van der Waals surface area (Å²) < 4.78 is 20.3. The van der Waals surface area contributed by atoms with Crippen LogP contribution in [-0.4, -0.2) is 35.6 Å². The van der Waals surface area contributed by atoms with Crippen LogP contribution in [0.5, 0.6) is 0 Å². The van der Waals surface area contributed by atoms with E-state index in [0.717, 1.165) is 23.1 Å². The lowest BCUT2D eigenvalue weighted by Gasteiger charge is -2.35. The number of rotatable bonds is 8. The Hall–Kier alpha value is -2.24. The second-order valence-electron chi connectivity index (χ2n) is 7.91. The van der Waals surface area contributed by atoms with Crippen LogP contribution in [0.25, 0.3) is 0 Å². The molecule has 0 saturated carbocycles. The Labute approximate surface area is 165 Å². The van der Waals surface area contributed by atoms with Crippen LogP contribution in [0, 0.1) is 5.82 Å². The Bertz CT molecular complexity index is 834. The maximum atomic E-state index is 13.6. The van der Waals surface area contributed by atoms with Crippen LogP contribution >= 0.6 is 0 Å². The molecular weight excluding hydrogens is 357 g/mol. The van der Waals surface area contributed by atoms with Crippen LogP contribution in [0.4, 0.5) is 4.39 Å². The summed E-state index contributed by atoms with van der Waals surface area (Å²) in [4.78, 5) is 13.2. The Morgan fingerprint density at radius 1 is 1.07 bits per heavy atom. The summed E-state index contributed by atoms with van der Waals surface area (Å²) in [5, 5.41) is 9.24. The number of carboxylic acids is 1. The van der Waals surface area contributed by atoms with E-state index in [1.165, 1.54) is 12.1 Å². The van der Waals surface area contributed by atoms with Gasteiger partial charge in [0.25, 0.3) is 0 Å². The topological polar surface area (TPSA) is 49.8 Å². The molecule has 1 heterocycles. The number of ether oxygens (including phenoxy) is 1. The van der Waals surface area contributed by atoms with Gasteiger partial charge in [-0.25, -0.2) is 4.39 Å². The standard InChI is InChI=1S/C23H28FNO3/c1-4-14-25(16-21(26)27)15-13-23(17-9-11-18(24)12-10-17)20-8-6-5-7-19(20)22(2,3)28-23/h5-12H,4,13-16H2,1-3H3,(H,26,27). The molecule has 2 aromatic carbocycles. The van der Waals surface area contributed by atoms with Crippen molar-refractivity contribution in [2.24, 2.45) is 0 Å². The van der Waals surface area contributed by atoms with Crippen molar-refractivity contribution in [3.63, 3.8) is 0 Å². The molecule has 1 aliphatic rings. The van der Waals surface area contributed by atoms with Gasteiger partial charge in [0.1, 0.15) is 11.4 Å². The van der Waals surface area contributed by atoms with Crippen LogP contribution in [0.2, 0.25) is 0 Å². The van der Waals surface area contributed by atoms with Crippen molar-refractivity contribution in [1.82, 2.24) is 4.90 Å². The molecule has 0 fully saturated rings. The van der Waals surface area contributed by atoms with Crippen molar-refractivity contribution in [2.45, 2.75) is 44.8 Å². The van der Waals surface area contributed by atoms with Crippen molar-refractivity contribution >= 4 is 5.97 Å². The fourth-order valence-corrected chi connectivity index (χ4v) is 4.26. The molecule has 1 atom stereocenters. The van der Waals surface area contributed by atoms with Gasteiger partial charge in [0.15, 0.2) is 0 Å². The van der Waals surface area contributed by atoms with E-state index >= 15 is 0 Å². The largest absolute Gasteiger partial charge is 0.480 e. The number of benzene rings is 2. The number of aliphatic carboxylic acids is 1. The lowest BCUT2D eigenvalue weighted by molar-refractivity contribution is -0.139. The van der Waals surface area contributed by atoms with Crippen molar-refractivity contribution in [3.8, 4) is 0 Å². The third kappa shape index (κ3) is 3.96. The smallest absolute Gasteiger partial charge is 0.317 e. The summed E-state index contributed by atoms with van der Waals surface area (Å²) in [6.45, 7) is 7.39. The number of carboxylic acid groups (broad SMARTS) is 1. The van der Waals surface area contributed by atoms with E-state index in [1.54, 1.807) is 12.1 Å². The molecule has 0 amide bonds. The number of carbonyl (C=O) groups is 1. The van der Waals surface area contributed by atoms with Gasteiger partial charge in [-0.05, 0) is 62.1 Å². The molecule has 0 aromatic heterocycles. The van der Waals surface area contributed by atoms with Gasteiger partial charge < -0.3 is 9.84 Å². The average Bonchev–Trinajstić information content (AvgIpc) is 2.89. The van der Waals surface area contributed by atoms with Gasteiger partial charge in [0, 0.05) is 6.54 Å².